The van der Waals surface area contributed by atoms with E-state index in [0.29, 0.717) is 36.0 Å². The summed E-state index contributed by atoms with van der Waals surface area (Å²) in [7, 11) is 1.94. The normalized spacial score (nSPS) is 16.6. The SMILES string of the molecule is CCOC(=O)C1=C(C)NC(=S)N[C@@H]1c1ccc(N(C)CCC#N)cc1. The van der Waals surface area contributed by atoms with Gasteiger partial charge < -0.3 is 20.3 Å². The third-order valence-electron chi connectivity index (χ3n) is 3.99. The van der Waals surface area contributed by atoms with E-state index in [-0.39, 0.29) is 12.0 Å². The van der Waals surface area contributed by atoms with Crippen LogP contribution in [-0.2, 0) is 9.53 Å². The molecule has 2 N–H and O–H groups in total. The lowest BCUT2D eigenvalue weighted by molar-refractivity contribution is -0.139. The van der Waals surface area contributed by atoms with E-state index in [1.54, 1.807) is 6.92 Å². The molecule has 0 aliphatic carbocycles. The van der Waals surface area contributed by atoms with Crippen molar-refractivity contribution in [3.05, 3.63) is 41.1 Å². The topological polar surface area (TPSA) is 77.4 Å². The zero-order chi connectivity index (χ0) is 18.4. The first-order valence-electron chi connectivity index (χ1n) is 8.11. The molecule has 1 aromatic rings. The van der Waals surface area contributed by atoms with Gasteiger partial charge in [0.15, 0.2) is 5.11 Å². The van der Waals surface area contributed by atoms with E-state index >= 15 is 0 Å². The minimum absolute atomic E-state index is 0.315. The predicted octanol–water partition coefficient (Wildman–Crippen LogP) is 2.39. The molecule has 0 amide bonds. The average molecular weight is 358 g/mol. The minimum Gasteiger partial charge on any atom is -0.463 e. The number of thiocarbonyl (C=S) groups is 1. The number of nitrogens with zero attached hydrogens (tertiary/aromatic N) is 2. The van der Waals surface area contributed by atoms with Gasteiger partial charge in [0.25, 0.3) is 0 Å². The molecule has 1 aliphatic heterocycles. The molecule has 0 aromatic heterocycles. The Bertz CT molecular complexity index is 722. The second-order valence-corrected chi connectivity index (χ2v) is 6.12. The van der Waals surface area contributed by atoms with Crippen LogP contribution in [-0.4, -0.2) is 31.3 Å². The summed E-state index contributed by atoms with van der Waals surface area (Å²) in [5.41, 5.74) is 3.15. The fourth-order valence-corrected chi connectivity index (χ4v) is 2.96. The number of anilines is 1. The number of rotatable bonds is 6. The van der Waals surface area contributed by atoms with Crippen LogP contribution in [0.1, 0.15) is 31.9 Å². The molecule has 0 spiro atoms. The largest absolute Gasteiger partial charge is 0.463 e. The number of nitrogens with one attached hydrogen (secondary N) is 2. The molecule has 0 saturated heterocycles. The number of allylic oxidation sites excluding steroid dienone is 1. The maximum atomic E-state index is 12.4. The Balaban J connectivity index is 2.28. The van der Waals surface area contributed by atoms with Gasteiger partial charge in [0.1, 0.15) is 0 Å². The number of benzene rings is 1. The van der Waals surface area contributed by atoms with Crippen molar-refractivity contribution in [1.29, 1.82) is 5.26 Å². The summed E-state index contributed by atoms with van der Waals surface area (Å²) in [6.45, 7) is 4.58. The van der Waals surface area contributed by atoms with Gasteiger partial charge in [0.05, 0.1) is 30.7 Å². The van der Waals surface area contributed by atoms with Crippen LogP contribution >= 0.6 is 12.2 Å². The van der Waals surface area contributed by atoms with Gasteiger partial charge in [-0.25, -0.2) is 4.79 Å². The Morgan fingerprint density at radius 1 is 1.40 bits per heavy atom. The van der Waals surface area contributed by atoms with Crippen molar-refractivity contribution in [1.82, 2.24) is 10.6 Å². The molecule has 2 rings (SSSR count). The van der Waals surface area contributed by atoms with Crippen molar-refractivity contribution in [2.75, 3.05) is 25.1 Å². The first-order chi connectivity index (χ1) is 12.0. The molecule has 0 bridgehead atoms. The second kappa shape index (κ2) is 8.49. The van der Waals surface area contributed by atoms with Gasteiger partial charge in [0.2, 0.25) is 0 Å². The van der Waals surface area contributed by atoms with Gasteiger partial charge in [-0.05, 0) is 43.8 Å². The third kappa shape index (κ3) is 4.48. The smallest absolute Gasteiger partial charge is 0.338 e. The summed E-state index contributed by atoms with van der Waals surface area (Å²) < 4.78 is 5.19. The Hall–Kier alpha value is -2.59. The molecule has 0 unspecified atom stereocenters. The van der Waals surface area contributed by atoms with E-state index in [9.17, 15) is 4.79 Å². The number of carbonyl (C=O) groups is 1. The number of hydrogen-bond acceptors (Lipinski definition) is 5. The third-order valence-corrected chi connectivity index (χ3v) is 4.21. The van der Waals surface area contributed by atoms with Crippen molar-refractivity contribution < 1.29 is 9.53 Å². The highest BCUT2D eigenvalue weighted by molar-refractivity contribution is 7.80. The van der Waals surface area contributed by atoms with Gasteiger partial charge in [-0.15, -0.1) is 0 Å². The molecule has 6 nitrogen and oxygen atoms in total. The fraction of sp³-hybridized carbons (Fsp3) is 0.389. The first kappa shape index (κ1) is 18.7. The zero-order valence-electron chi connectivity index (χ0n) is 14.6. The summed E-state index contributed by atoms with van der Waals surface area (Å²) in [4.78, 5) is 14.4. The Morgan fingerprint density at radius 3 is 2.68 bits per heavy atom. The Labute approximate surface area is 153 Å². The number of carbonyl (C=O) groups excluding carboxylic acids is 1. The van der Waals surface area contributed by atoms with Crippen molar-refractivity contribution >= 4 is 29.0 Å². The van der Waals surface area contributed by atoms with E-state index in [4.69, 9.17) is 22.2 Å². The van der Waals surface area contributed by atoms with Gasteiger partial charge in [-0.1, -0.05) is 12.1 Å². The summed E-state index contributed by atoms with van der Waals surface area (Å²) in [6, 6.07) is 9.63. The quantitative estimate of drug-likeness (QED) is 0.597. The maximum Gasteiger partial charge on any atom is 0.338 e. The van der Waals surface area contributed by atoms with Crippen LogP contribution in [0.15, 0.2) is 35.5 Å². The van der Waals surface area contributed by atoms with Crippen LogP contribution in [0.4, 0.5) is 5.69 Å². The fourth-order valence-electron chi connectivity index (χ4n) is 2.69. The highest BCUT2D eigenvalue weighted by atomic mass is 32.1. The zero-order valence-corrected chi connectivity index (χ0v) is 15.4. The van der Waals surface area contributed by atoms with Crippen molar-refractivity contribution in [3.63, 3.8) is 0 Å². The molecule has 0 fully saturated rings. The van der Waals surface area contributed by atoms with Crippen LogP contribution in [0.3, 0.4) is 0 Å². The molecule has 7 heteroatoms. The summed E-state index contributed by atoms with van der Waals surface area (Å²) >= 11 is 5.23. The Kier molecular flexibility index (Phi) is 6.37. The van der Waals surface area contributed by atoms with Crippen LogP contribution in [0.25, 0.3) is 0 Å². The predicted molar refractivity (Wildman–Crippen MR) is 101 cm³/mol. The molecule has 0 saturated carbocycles. The maximum absolute atomic E-state index is 12.4. The number of hydrogen-bond donors (Lipinski definition) is 2. The number of ether oxygens (including phenoxy) is 1. The molecular weight excluding hydrogens is 336 g/mol. The highest BCUT2D eigenvalue weighted by Crippen LogP contribution is 2.29. The Morgan fingerprint density at radius 2 is 2.08 bits per heavy atom. The molecule has 1 aliphatic rings. The summed E-state index contributed by atoms with van der Waals surface area (Å²) in [5, 5.41) is 15.3. The first-order valence-corrected chi connectivity index (χ1v) is 8.52. The lowest BCUT2D eigenvalue weighted by atomic mass is 9.95. The van der Waals surface area contributed by atoms with Crippen molar-refractivity contribution in [3.8, 4) is 6.07 Å². The summed E-state index contributed by atoms with van der Waals surface area (Å²) in [5.74, 6) is -0.359. The van der Waals surface area contributed by atoms with Gasteiger partial charge in [0, 0.05) is 25.0 Å². The molecule has 1 aromatic carbocycles. The van der Waals surface area contributed by atoms with Crippen LogP contribution < -0.4 is 15.5 Å². The second-order valence-electron chi connectivity index (χ2n) is 5.71. The highest BCUT2D eigenvalue weighted by Gasteiger charge is 2.30. The monoisotopic (exact) mass is 358 g/mol. The van der Waals surface area contributed by atoms with Gasteiger partial charge >= 0.3 is 5.97 Å². The standard InChI is InChI=1S/C18H22N4O2S/c1-4-24-17(23)15-12(2)20-18(25)21-16(15)13-6-8-14(9-7-13)22(3)11-5-10-19/h6-9,16H,4-5,11H2,1-3H3,(H2,20,21,25)/t16-/m1/s1. The molecular formula is C18H22N4O2S. The molecule has 1 heterocycles. The van der Waals surface area contributed by atoms with Crippen LogP contribution in [0, 0.1) is 11.3 Å². The molecule has 0 radical (unpaired) electrons. The number of nitriles is 1. The van der Waals surface area contributed by atoms with E-state index in [0.717, 1.165) is 11.3 Å². The van der Waals surface area contributed by atoms with E-state index < -0.39 is 0 Å². The summed E-state index contributed by atoms with van der Waals surface area (Å²) in [6.07, 6.45) is 0.470. The van der Waals surface area contributed by atoms with Gasteiger partial charge in [-0.2, -0.15) is 5.26 Å². The van der Waals surface area contributed by atoms with Crippen LogP contribution in [0.5, 0.6) is 0 Å². The van der Waals surface area contributed by atoms with E-state index in [1.165, 1.54) is 0 Å². The van der Waals surface area contributed by atoms with Crippen molar-refractivity contribution in [2.45, 2.75) is 26.3 Å². The molecule has 1 atom stereocenters. The number of esters is 1. The minimum atomic E-state index is -0.359. The van der Waals surface area contributed by atoms with Gasteiger partial charge in [-0.3, -0.25) is 0 Å². The lowest BCUT2D eigenvalue weighted by Gasteiger charge is -2.30. The lowest BCUT2D eigenvalue weighted by Crippen LogP contribution is -2.45. The van der Waals surface area contributed by atoms with E-state index in [1.807, 2.05) is 43.1 Å². The van der Waals surface area contributed by atoms with Crippen molar-refractivity contribution in [2.24, 2.45) is 0 Å². The molecule has 132 valence electrons. The molecule has 25 heavy (non-hydrogen) atoms. The average Bonchev–Trinajstić information content (AvgIpc) is 2.59. The van der Waals surface area contributed by atoms with Crippen LogP contribution in [0.2, 0.25) is 0 Å². The van der Waals surface area contributed by atoms with E-state index in [2.05, 4.69) is 16.7 Å².